The van der Waals surface area contributed by atoms with Gasteiger partial charge in [-0.3, -0.25) is 4.79 Å². The minimum absolute atomic E-state index is 0.0647. The molecule has 2 aromatic rings. The summed E-state index contributed by atoms with van der Waals surface area (Å²) in [6.07, 6.45) is 0. The normalized spacial score (nSPS) is 12.1. The number of carbonyl (C=O) groups is 1. The van der Waals surface area contributed by atoms with Gasteiger partial charge in [0.1, 0.15) is 6.04 Å². The summed E-state index contributed by atoms with van der Waals surface area (Å²) >= 11 is 5.76. The van der Waals surface area contributed by atoms with Gasteiger partial charge in [-0.15, -0.1) is 5.10 Å². The Morgan fingerprint density at radius 1 is 1.39 bits per heavy atom. The van der Waals surface area contributed by atoms with Gasteiger partial charge in [0.2, 0.25) is 5.89 Å². The molecule has 1 aromatic carbocycles. The Bertz CT molecular complexity index is 553. The molecule has 0 bridgehead atoms. The Hall–Kier alpha value is -2.08. The third kappa shape index (κ3) is 2.78. The minimum atomic E-state index is -0.999. The number of anilines is 1. The second-order valence-electron chi connectivity index (χ2n) is 3.62. The maximum Gasteiger partial charge on any atom is 0.325 e. The molecule has 94 valence electrons. The van der Waals surface area contributed by atoms with Crippen molar-refractivity contribution < 1.29 is 14.3 Å². The number of halogens is 1. The maximum absolute atomic E-state index is 10.7. The van der Waals surface area contributed by atoms with Crippen molar-refractivity contribution in [2.24, 2.45) is 0 Å². The summed E-state index contributed by atoms with van der Waals surface area (Å²) in [7, 11) is 0. The van der Waals surface area contributed by atoms with Crippen LogP contribution in [0.15, 0.2) is 28.7 Å². The molecule has 0 aliphatic heterocycles. The highest BCUT2D eigenvalue weighted by Gasteiger charge is 2.15. The summed E-state index contributed by atoms with van der Waals surface area (Å²) < 4.78 is 5.29. The quantitative estimate of drug-likeness (QED) is 0.883. The first-order chi connectivity index (χ1) is 8.56. The zero-order valence-corrected chi connectivity index (χ0v) is 10.2. The predicted octanol–water partition coefficient (Wildman–Crippen LogP) is 2.27. The van der Waals surface area contributed by atoms with Crippen molar-refractivity contribution in [3.63, 3.8) is 0 Å². The van der Waals surface area contributed by atoms with Crippen LogP contribution in [0.4, 0.5) is 6.01 Å². The van der Waals surface area contributed by atoms with Gasteiger partial charge in [-0.1, -0.05) is 16.7 Å². The lowest BCUT2D eigenvalue weighted by Crippen LogP contribution is -2.25. The second kappa shape index (κ2) is 5.05. The third-order valence-corrected chi connectivity index (χ3v) is 2.48. The van der Waals surface area contributed by atoms with Gasteiger partial charge in [-0.2, -0.15) is 0 Å². The summed E-state index contributed by atoms with van der Waals surface area (Å²) in [5, 5.41) is 19.4. The molecular formula is C11H10ClN3O3. The molecule has 18 heavy (non-hydrogen) atoms. The van der Waals surface area contributed by atoms with E-state index in [1.807, 2.05) is 0 Å². The Labute approximate surface area is 108 Å². The van der Waals surface area contributed by atoms with Crippen LogP contribution in [0.2, 0.25) is 5.02 Å². The monoisotopic (exact) mass is 267 g/mol. The topological polar surface area (TPSA) is 88.3 Å². The number of hydrogen-bond donors (Lipinski definition) is 2. The van der Waals surface area contributed by atoms with E-state index in [1.165, 1.54) is 6.92 Å². The number of nitrogens with one attached hydrogen (secondary N) is 1. The van der Waals surface area contributed by atoms with E-state index in [9.17, 15) is 4.79 Å². The maximum atomic E-state index is 10.7. The second-order valence-corrected chi connectivity index (χ2v) is 4.06. The minimum Gasteiger partial charge on any atom is -0.480 e. The van der Waals surface area contributed by atoms with Crippen LogP contribution in [0, 0.1) is 0 Å². The summed E-state index contributed by atoms with van der Waals surface area (Å²) in [4.78, 5) is 10.7. The molecule has 0 saturated carbocycles. The van der Waals surface area contributed by atoms with Crippen molar-refractivity contribution >= 4 is 23.6 Å². The highest BCUT2D eigenvalue weighted by atomic mass is 35.5. The summed E-state index contributed by atoms with van der Waals surface area (Å²) in [6.45, 7) is 1.48. The molecule has 0 radical (unpaired) electrons. The number of rotatable bonds is 4. The lowest BCUT2D eigenvalue weighted by atomic mass is 10.2. The number of hydrogen-bond acceptors (Lipinski definition) is 5. The molecule has 2 rings (SSSR count). The van der Waals surface area contributed by atoms with Crippen molar-refractivity contribution in [1.82, 2.24) is 10.2 Å². The molecule has 0 aliphatic rings. The number of aliphatic carboxylic acids is 1. The molecule has 1 aromatic heterocycles. The van der Waals surface area contributed by atoms with Crippen molar-refractivity contribution in [2.75, 3.05) is 5.32 Å². The van der Waals surface area contributed by atoms with Gasteiger partial charge < -0.3 is 14.8 Å². The SMILES string of the molecule is C[C@@H](Nc1nnc(-c2ccc(Cl)cc2)o1)C(=O)O. The van der Waals surface area contributed by atoms with E-state index < -0.39 is 12.0 Å². The zero-order chi connectivity index (χ0) is 13.1. The van der Waals surface area contributed by atoms with Gasteiger partial charge in [0.15, 0.2) is 0 Å². The fraction of sp³-hybridized carbons (Fsp3) is 0.182. The Morgan fingerprint density at radius 2 is 2.06 bits per heavy atom. The van der Waals surface area contributed by atoms with Crippen molar-refractivity contribution in [3.05, 3.63) is 29.3 Å². The van der Waals surface area contributed by atoms with E-state index in [1.54, 1.807) is 24.3 Å². The van der Waals surface area contributed by atoms with Gasteiger partial charge in [-0.05, 0) is 31.2 Å². The van der Waals surface area contributed by atoms with Crippen LogP contribution in [0.1, 0.15) is 6.92 Å². The largest absolute Gasteiger partial charge is 0.480 e. The molecule has 0 amide bonds. The summed E-state index contributed by atoms with van der Waals surface area (Å²) in [5.74, 6) is -0.701. The van der Waals surface area contributed by atoms with E-state index in [0.29, 0.717) is 16.5 Å². The molecule has 0 fully saturated rings. The average Bonchev–Trinajstić information content (AvgIpc) is 2.78. The third-order valence-electron chi connectivity index (χ3n) is 2.23. The van der Waals surface area contributed by atoms with E-state index in [2.05, 4.69) is 15.5 Å². The van der Waals surface area contributed by atoms with Crippen LogP contribution in [-0.4, -0.2) is 27.3 Å². The number of carboxylic acids is 1. The fourth-order valence-electron chi connectivity index (χ4n) is 1.24. The molecule has 0 saturated heterocycles. The first kappa shape index (κ1) is 12.4. The van der Waals surface area contributed by atoms with Gasteiger partial charge in [0.25, 0.3) is 0 Å². The van der Waals surface area contributed by atoms with Crippen LogP contribution in [-0.2, 0) is 4.79 Å². The smallest absolute Gasteiger partial charge is 0.325 e. The first-order valence-electron chi connectivity index (χ1n) is 5.15. The van der Waals surface area contributed by atoms with Crippen LogP contribution in [0.25, 0.3) is 11.5 Å². The number of aromatic nitrogens is 2. The van der Waals surface area contributed by atoms with E-state index >= 15 is 0 Å². The number of carboxylic acid groups (broad SMARTS) is 1. The lowest BCUT2D eigenvalue weighted by molar-refractivity contribution is -0.137. The highest BCUT2D eigenvalue weighted by molar-refractivity contribution is 6.30. The van der Waals surface area contributed by atoms with Gasteiger partial charge in [0, 0.05) is 10.6 Å². The number of benzene rings is 1. The molecule has 1 heterocycles. The first-order valence-corrected chi connectivity index (χ1v) is 5.53. The van der Waals surface area contributed by atoms with Crippen LogP contribution >= 0.6 is 11.6 Å². The molecule has 6 nitrogen and oxygen atoms in total. The van der Waals surface area contributed by atoms with Crippen molar-refractivity contribution in [3.8, 4) is 11.5 Å². The highest BCUT2D eigenvalue weighted by Crippen LogP contribution is 2.21. The zero-order valence-electron chi connectivity index (χ0n) is 9.42. The number of nitrogens with zero attached hydrogens (tertiary/aromatic N) is 2. The predicted molar refractivity (Wildman–Crippen MR) is 65.5 cm³/mol. The summed E-state index contributed by atoms with van der Waals surface area (Å²) in [6, 6.07) is 6.14. The molecule has 2 N–H and O–H groups in total. The Kier molecular flexibility index (Phi) is 3.47. The van der Waals surface area contributed by atoms with Crippen molar-refractivity contribution in [1.29, 1.82) is 0 Å². The molecule has 0 unspecified atom stereocenters. The van der Waals surface area contributed by atoms with Gasteiger partial charge in [0.05, 0.1) is 0 Å². The van der Waals surface area contributed by atoms with E-state index in [4.69, 9.17) is 21.1 Å². The van der Waals surface area contributed by atoms with Crippen LogP contribution < -0.4 is 5.32 Å². The standard InChI is InChI=1S/C11H10ClN3O3/c1-6(10(16)17)13-11-15-14-9(18-11)7-2-4-8(12)5-3-7/h2-6H,1H3,(H,13,15)(H,16,17)/t6-/m1/s1. The van der Waals surface area contributed by atoms with Crippen molar-refractivity contribution in [2.45, 2.75) is 13.0 Å². The summed E-state index contributed by atoms with van der Waals surface area (Å²) in [5.41, 5.74) is 0.711. The van der Waals surface area contributed by atoms with E-state index in [0.717, 1.165) is 0 Å². The van der Waals surface area contributed by atoms with Gasteiger partial charge in [-0.25, -0.2) is 0 Å². The molecule has 0 aliphatic carbocycles. The lowest BCUT2D eigenvalue weighted by Gasteiger charge is -2.04. The van der Waals surface area contributed by atoms with Crippen LogP contribution in [0.5, 0.6) is 0 Å². The Morgan fingerprint density at radius 3 is 2.67 bits per heavy atom. The Balaban J connectivity index is 2.15. The molecule has 1 atom stereocenters. The van der Waals surface area contributed by atoms with Gasteiger partial charge >= 0.3 is 12.0 Å². The molecule has 0 spiro atoms. The fourth-order valence-corrected chi connectivity index (χ4v) is 1.36. The van der Waals surface area contributed by atoms with Crippen LogP contribution in [0.3, 0.4) is 0 Å². The average molecular weight is 268 g/mol. The molecular weight excluding hydrogens is 258 g/mol. The van der Waals surface area contributed by atoms with E-state index in [-0.39, 0.29) is 6.01 Å². The molecule has 7 heteroatoms.